The average molecular weight is 294 g/mol. The van der Waals surface area contributed by atoms with Crippen molar-refractivity contribution in [2.24, 2.45) is 0 Å². The van der Waals surface area contributed by atoms with Gasteiger partial charge < -0.3 is 9.55 Å². The fourth-order valence-corrected chi connectivity index (χ4v) is 3.11. The molecule has 4 heteroatoms. The first-order valence-electron chi connectivity index (χ1n) is 8.18. The maximum atomic E-state index is 4.78. The van der Waals surface area contributed by atoms with Gasteiger partial charge in [-0.05, 0) is 50.3 Å². The number of aromatic amines is 1. The lowest BCUT2D eigenvalue weighted by molar-refractivity contribution is 0.604. The number of rotatable bonds is 5. The summed E-state index contributed by atoms with van der Waals surface area (Å²) in [6.07, 6.45) is 8.72. The lowest BCUT2D eigenvalue weighted by atomic mass is 10.1. The second-order valence-electron chi connectivity index (χ2n) is 6.44. The summed E-state index contributed by atoms with van der Waals surface area (Å²) < 4.78 is 2.32. The molecule has 0 aliphatic heterocycles. The minimum absolute atomic E-state index is 0.715. The number of imidazole rings is 2. The Morgan fingerprint density at radius 3 is 2.95 bits per heavy atom. The largest absolute Gasteiger partial charge is 0.342 e. The first-order valence-corrected chi connectivity index (χ1v) is 8.18. The number of nitrogens with zero attached hydrogens (tertiary/aromatic N) is 3. The van der Waals surface area contributed by atoms with Crippen molar-refractivity contribution in [1.29, 1.82) is 0 Å². The molecule has 0 atom stereocenters. The first-order chi connectivity index (χ1) is 10.7. The predicted molar refractivity (Wildman–Crippen MR) is 88.1 cm³/mol. The highest BCUT2D eigenvalue weighted by atomic mass is 15.1. The molecule has 0 spiro atoms. The number of aromatic nitrogens is 4. The molecule has 1 N–H and O–H groups in total. The number of H-pyrrole nitrogens is 1. The van der Waals surface area contributed by atoms with Crippen molar-refractivity contribution >= 4 is 11.0 Å². The zero-order valence-corrected chi connectivity index (χ0v) is 13.3. The summed E-state index contributed by atoms with van der Waals surface area (Å²) in [5.74, 6) is 3.08. The van der Waals surface area contributed by atoms with Gasteiger partial charge in [-0.15, -0.1) is 0 Å². The monoisotopic (exact) mass is 294 g/mol. The van der Waals surface area contributed by atoms with E-state index in [0.717, 1.165) is 36.2 Å². The maximum Gasteiger partial charge on any atom is 0.111 e. The maximum absolute atomic E-state index is 4.78. The van der Waals surface area contributed by atoms with Crippen LogP contribution in [-0.2, 0) is 13.0 Å². The molecule has 0 bridgehead atoms. The molecule has 4 nitrogen and oxygen atoms in total. The van der Waals surface area contributed by atoms with Crippen molar-refractivity contribution < 1.29 is 0 Å². The van der Waals surface area contributed by atoms with Crippen LogP contribution in [0.25, 0.3) is 11.0 Å². The van der Waals surface area contributed by atoms with E-state index in [1.54, 1.807) is 0 Å². The van der Waals surface area contributed by atoms with Crippen LogP contribution in [0.4, 0.5) is 0 Å². The zero-order chi connectivity index (χ0) is 15.1. The number of hydrogen-bond acceptors (Lipinski definition) is 2. The highest BCUT2D eigenvalue weighted by molar-refractivity contribution is 5.79. The van der Waals surface area contributed by atoms with E-state index in [9.17, 15) is 0 Å². The number of aryl methyl sites for hydroxylation is 4. The Kier molecular flexibility index (Phi) is 3.25. The Morgan fingerprint density at radius 2 is 2.14 bits per heavy atom. The fourth-order valence-electron chi connectivity index (χ4n) is 3.11. The molecule has 2 heterocycles. The van der Waals surface area contributed by atoms with Gasteiger partial charge in [-0.25, -0.2) is 9.97 Å². The first kappa shape index (κ1) is 13.6. The van der Waals surface area contributed by atoms with Crippen molar-refractivity contribution in [3.8, 4) is 0 Å². The second kappa shape index (κ2) is 5.27. The summed E-state index contributed by atoms with van der Waals surface area (Å²) in [6, 6.07) is 4.29. The normalized spacial score (nSPS) is 14.8. The lowest BCUT2D eigenvalue weighted by Crippen LogP contribution is -2.03. The predicted octanol–water partition coefficient (Wildman–Crippen LogP) is 3.89. The molecule has 4 rings (SSSR count). The van der Waals surface area contributed by atoms with E-state index in [1.807, 2.05) is 6.20 Å². The number of benzene rings is 1. The van der Waals surface area contributed by atoms with E-state index in [0.29, 0.717) is 5.92 Å². The van der Waals surface area contributed by atoms with E-state index in [1.165, 1.54) is 29.8 Å². The van der Waals surface area contributed by atoms with Crippen LogP contribution in [-0.4, -0.2) is 19.5 Å². The van der Waals surface area contributed by atoms with E-state index in [4.69, 9.17) is 4.98 Å². The van der Waals surface area contributed by atoms with E-state index in [2.05, 4.69) is 46.7 Å². The smallest absolute Gasteiger partial charge is 0.111 e. The molecule has 114 valence electrons. The number of fused-ring (bicyclic) bond motifs is 1. The van der Waals surface area contributed by atoms with Crippen molar-refractivity contribution in [3.63, 3.8) is 0 Å². The lowest BCUT2D eigenvalue weighted by Gasteiger charge is -2.05. The highest BCUT2D eigenvalue weighted by Gasteiger charge is 2.27. The molecule has 0 unspecified atom stereocenters. The van der Waals surface area contributed by atoms with Crippen molar-refractivity contribution in [3.05, 3.63) is 47.3 Å². The van der Waals surface area contributed by atoms with Gasteiger partial charge in [0.25, 0.3) is 0 Å². The minimum atomic E-state index is 0.715. The summed E-state index contributed by atoms with van der Waals surface area (Å²) in [4.78, 5) is 12.7. The van der Waals surface area contributed by atoms with Crippen molar-refractivity contribution in [2.75, 3.05) is 0 Å². The van der Waals surface area contributed by atoms with Crippen LogP contribution in [0.5, 0.6) is 0 Å². The third-order valence-electron chi connectivity index (χ3n) is 4.73. The summed E-state index contributed by atoms with van der Waals surface area (Å²) >= 11 is 0. The Bertz CT molecular complexity index is 808. The van der Waals surface area contributed by atoms with E-state index >= 15 is 0 Å². The molecule has 1 aliphatic carbocycles. The molecule has 0 radical (unpaired) electrons. The molecule has 1 aliphatic rings. The SMILES string of the molecule is Cc1ccc2[nH]c(CCCn3ccnc3C3CC3)nc2c1C. The van der Waals surface area contributed by atoms with Gasteiger partial charge >= 0.3 is 0 Å². The minimum Gasteiger partial charge on any atom is -0.342 e. The van der Waals surface area contributed by atoms with Crippen LogP contribution in [0, 0.1) is 13.8 Å². The molecule has 0 amide bonds. The number of nitrogens with one attached hydrogen (secondary N) is 1. The fraction of sp³-hybridized carbons (Fsp3) is 0.444. The van der Waals surface area contributed by atoms with Crippen molar-refractivity contribution in [2.45, 2.75) is 52.0 Å². The van der Waals surface area contributed by atoms with Gasteiger partial charge in [-0.3, -0.25) is 0 Å². The van der Waals surface area contributed by atoms with Gasteiger partial charge in [0, 0.05) is 31.3 Å². The molecule has 0 saturated heterocycles. The van der Waals surface area contributed by atoms with Crippen LogP contribution in [0.2, 0.25) is 0 Å². The number of hydrogen-bond donors (Lipinski definition) is 1. The quantitative estimate of drug-likeness (QED) is 0.776. The van der Waals surface area contributed by atoms with Crippen LogP contribution < -0.4 is 0 Å². The molecule has 2 aromatic heterocycles. The van der Waals surface area contributed by atoms with Crippen LogP contribution >= 0.6 is 0 Å². The van der Waals surface area contributed by atoms with E-state index in [-0.39, 0.29) is 0 Å². The average Bonchev–Trinajstić information content (AvgIpc) is 3.10. The Labute approximate surface area is 130 Å². The standard InChI is InChI=1S/C18H22N4/c1-12-5-8-15-17(13(12)2)21-16(20-15)4-3-10-22-11-9-19-18(22)14-6-7-14/h5,8-9,11,14H,3-4,6-7,10H2,1-2H3,(H,20,21). The molecule has 22 heavy (non-hydrogen) atoms. The van der Waals surface area contributed by atoms with Gasteiger partial charge in [0.2, 0.25) is 0 Å². The van der Waals surface area contributed by atoms with Gasteiger partial charge in [-0.1, -0.05) is 6.07 Å². The summed E-state index contributed by atoms with van der Waals surface area (Å²) in [6.45, 7) is 5.32. The van der Waals surface area contributed by atoms with E-state index < -0.39 is 0 Å². The van der Waals surface area contributed by atoms with Gasteiger partial charge in [0.1, 0.15) is 11.6 Å². The third-order valence-corrected chi connectivity index (χ3v) is 4.73. The van der Waals surface area contributed by atoms with Gasteiger partial charge in [0.05, 0.1) is 11.0 Å². The molecule has 1 saturated carbocycles. The third kappa shape index (κ3) is 2.43. The zero-order valence-electron chi connectivity index (χ0n) is 13.3. The van der Waals surface area contributed by atoms with Crippen molar-refractivity contribution in [1.82, 2.24) is 19.5 Å². The topological polar surface area (TPSA) is 46.5 Å². The molecule has 1 fully saturated rings. The van der Waals surface area contributed by atoms with Gasteiger partial charge in [0.15, 0.2) is 0 Å². The van der Waals surface area contributed by atoms with Crippen LogP contribution in [0.1, 0.15) is 48.0 Å². The summed E-state index contributed by atoms with van der Waals surface area (Å²) in [5.41, 5.74) is 4.86. The molecule has 1 aromatic carbocycles. The van der Waals surface area contributed by atoms with Crippen LogP contribution in [0.3, 0.4) is 0 Å². The van der Waals surface area contributed by atoms with Crippen LogP contribution in [0.15, 0.2) is 24.5 Å². The second-order valence-corrected chi connectivity index (χ2v) is 6.44. The molecular formula is C18H22N4. The van der Waals surface area contributed by atoms with Gasteiger partial charge in [-0.2, -0.15) is 0 Å². The Balaban J connectivity index is 1.45. The summed E-state index contributed by atoms with van der Waals surface area (Å²) in [7, 11) is 0. The highest BCUT2D eigenvalue weighted by Crippen LogP contribution is 2.39. The Hall–Kier alpha value is -2.10. The molecule has 3 aromatic rings. The molecular weight excluding hydrogens is 272 g/mol. The Morgan fingerprint density at radius 1 is 1.27 bits per heavy atom. The summed E-state index contributed by atoms with van der Waals surface area (Å²) in [5, 5.41) is 0.